The SMILES string of the molecule is CNCC(C)C(=O)NCC1(c2ccc(F)cc2)CC1.Cl. The molecule has 1 saturated carbocycles. The van der Waals surface area contributed by atoms with Gasteiger partial charge >= 0.3 is 0 Å². The summed E-state index contributed by atoms with van der Waals surface area (Å²) in [4.78, 5) is 11.9. The van der Waals surface area contributed by atoms with Crippen LogP contribution in [0, 0.1) is 11.7 Å². The van der Waals surface area contributed by atoms with Gasteiger partial charge < -0.3 is 10.6 Å². The molecule has 1 aliphatic rings. The molecule has 5 heteroatoms. The fraction of sp³-hybridized carbons (Fsp3) is 0.533. The van der Waals surface area contributed by atoms with Crippen LogP contribution in [-0.2, 0) is 10.2 Å². The van der Waals surface area contributed by atoms with Crippen LogP contribution < -0.4 is 10.6 Å². The van der Waals surface area contributed by atoms with Crippen molar-refractivity contribution in [3.63, 3.8) is 0 Å². The van der Waals surface area contributed by atoms with Gasteiger partial charge in [-0.15, -0.1) is 12.4 Å². The molecular formula is C15H22ClFN2O. The number of hydrogen-bond donors (Lipinski definition) is 2. The van der Waals surface area contributed by atoms with Crippen LogP contribution in [0.25, 0.3) is 0 Å². The molecule has 112 valence electrons. The van der Waals surface area contributed by atoms with E-state index in [-0.39, 0.29) is 35.5 Å². The maximum Gasteiger partial charge on any atom is 0.224 e. The largest absolute Gasteiger partial charge is 0.355 e. The van der Waals surface area contributed by atoms with E-state index >= 15 is 0 Å². The van der Waals surface area contributed by atoms with E-state index in [4.69, 9.17) is 0 Å². The zero-order chi connectivity index (χ0) is 13.9. The fourth-order valence-corrected chi connectivity index (χ4v) is 2.35. The highest BCUT2D eigenvalue weighted by Gasteiger charge is 2.44. The first kappa shape index (κ1) is 16.9. The minimum atomic E-state index is -0.216. The Morgan fingerprint density at radius 1 is 1.35 bits per heavy atom. The highest BCUT2D eigenvalue weighted by Crippen LogP contribution is 2.47. The number of amides is 1. The van der Waals surface area contributed by atoms with Gasteiger partial charge in [-0.3, -0.25) is 4.79 Å². The number of hydrogen-bond acceptors (Lipinski definition) is 2. The van der Waals surface area contributed by atoms with Crippen molar-refractivity contribution in [2.45, 2.75) is 25.2 Å². The average Bonchev–Trinajstić information content (AvgIpc) is 3.18. The summed E-state index contributed by atoms with van der Waals surface area (Å²) >= 11 is 0. The number of carbonyl (C=O) groups excluding carboxylic acids is 1. The highest BCUT2D eigenvalue weighted by molar-refractivity contribution is 5.85. The van der Waals surface area contributed by atoms with Crippen molar-refractivity contribution in [2.24, 2.45) is 5.92 Å². The smallest absolute Gasteiger partial charge is 0.224 e. The Hall–Kier alpha value is -1.13. The third kappa shape index (κ3) is 3.93. The molecule has 0 heterocycles. The summed E-state index contributed by atoms with van der Waals surface area (Å²) in [6, 6.07) is 6.62. The second kappa shape index (κ2) is 7.04. The number of nitrogens with one attached hydrogen (secondary N) is 2. The molecule has 1 atom stereocenters. The van der Waals surface area contributed by atoms with E-state index in [1.807, 2.05) is 26.1 Å². The quantitative estimate of drug-likeness (QED) is 0.846. The molecule has 0 aliphatic heterocycles. The monoisotopic (exact) mass is 300 g/mol. The number of carbonyl (C=O) groups is 1. The van der Waals surface area contributed by atoms with Gasteiger partial charge in [-0.25, -0.2) is 4.39 Å². The summed E-state index contributed by atoms with van der Waals surface area (Å²) in [7, 11) is 1.84. The van der Waals surface area contributed by atoms with Crippen molar-refractivity contribution < 1.29 is 9.18 Å². The van der Waals surface area contributed by atoms with Crippen LogP contribution in [0.5, 0.6) is 0 Å². The molecule has 0 spiro atoms. The second-order valence-corrected chi connectivity index (χ2v) is 5.46. The lowest BCUT2D eigenvalue weighted by Gasteiger charge is -2.18. The lowest BCUT2D eigenvalue weighted by molar-refractivity contribution is -0.124. The molecule has 1 aromatic carbocycles. The van der Waals surface area contributed by atoms with E-state index in [0.717, 1.165) is 18.4 Å². The molecule has 20 heavy (non-hydrogen) atoms. The van der Waals surface area contributed by atoms with Crippen LogP contribution >= 0.6 is 12.4 Å². The van der Waals surface area contributed by atoms with Gasteiger partial charge in [0.25, 0.3) is 0 Å². The summed E-state index contributed by atoms with van der Waals surface area (Å²) < 4.78 is 12.9. The molecule has 1 unspecified atom stereocenters. The zero-order valence-corrected chi connectivity index (χ0v) is 12.7. The summed E-state index contributed by atoms with van der Waals surface area (Å²) in [6.07, 6.45) is 2.11. The molecule has 0 aromatic heterocycles. The topological polar surface area (TPSA) is 41.1 Å². The van der Waals surface area contributed by atoms with Crippen LogP contribution in [0.15, 0.2) is 24.3 Å². The van der Waals surface area contributed by atoms with Crippen LogP contribution in [-0.4, -0.2) is 26.0 Å². The van der Waals surface area contributed by atoms with Crippen LogP contribution in [0.2, 0.25) is 0 Å². The van der Waals surface area contributed by atoms with Crippen LogP contribution in [0.1, 0.15) is 25.3 Å². The first-order valence-electron chi connectivity index (χ1n) is 6.76. The molecule has 2 N–H and O–H groups in total. The Balaban J connectivity index is 0.00000200. The summed E-state index contributed by atoms with van der Waals surface area (Å²) in [5, 5.41) is 6.01. The minimum absolute atomic E-state index is 0. The average molecular weight is 301 g/mol. The van der Waals surface area contributed by atoms with E-state index < -0.39 is 0 Å². The number of rotatable bonds is 6. The van der Waals surface area contributed by atoms with E-state index in [9.17, 15) is 9.18 Å². The number of halogens is 2. The van der Waals surface area contributed by atoms with E-state index in [0.29, 0.717) is 13.1 Å². The van der Waals surface area contributed by atoms with Gasteiger partial charge in [0, 0.05) is 24.4 Å². The third-order valence-corrected chi connectivity index (χ3v) is 3.87. The molecule has 0 radical (unpaired) electrons. The van der Waals surface area contributed by atoms with Gasteiger partial charge in [-0.05, 0) is 37.6 Å². The maximum absolute atomic E-state index is 12.9. The molecule has 0 bridgehead atoms. The Bertz CT molecular complexity index is 446. The van der Waals surface area contributed by atoms with Gasteiger partial charge in [-0.2, -0.15) is 0 Å². The summed E-state index contributed by atoms with van der Waals surface area (Å²) in [5.41, 5.74) is 1.15. The molecular weight excluding hydrogens is 279 g/mol. The van der Waals surface area contributed by atoms with Gasteiger partial charge in [0.2, 0.25) is 5.91 Å². The molecule has 3 nitrogen and oxygen atoms in total. The molecule has 0 saturated heterocycles. The van der Waals surface area contributed by atoms with Gasteiger partial charge in [0.05, 0.1) is 0 Å². The minimum Gasteiger partial charge on any atom is -0.355 e. The first-order chi connectivity index (χ1) is 9.07. The van der Waals surface area contributed by atoms with Gasteiger partial charge in [0.15, 0.2) is 0 Å². The normalized spacial score (nSPS) is 16.9. The van der Waals surface area contributed by atoms with Gasteiger partial charge in [-0.1, -0.05) is 19.1 Å². The van der Waals surface area contributed by atoms with Crippen molar-refractivity contribution >= 4 is 18.3 Å². The summed E-state index contributed by atoms with van der Waals surface area (Å²) in [5.74, 6) is -0.178. The Morgan fingerprint density at radius 3 is 2.45 bits per heavy atom. The van der Waals surface area contributed by atoms with E-state index in [2.05, 4.69) is 10.6 Å². The lowest BCUT2D eigenvalue weighted by atomic mass is 9.95. The van der Waals surface area contributed by atoms with E-state index in [1.54, 1.807) is 0 Å². The maximum atomic E-state index is 12.9. The van der Waals surface area contributed by atoms with Gasteiger partial charge in [0.1, 0.15) is 5.82 Å². The first-order valence-corrected chi connectivity index (χ1v) is 6.76. The second-order valence-electron chi connectivity index (χ2n) is 5.46. The third-order valence-electron chi connectivity index (χ3n) is 3.87. The van der Waals surface area contributed by atoms with Crippen LogP contribution in [0.3, 0.4) is 0 Å². The van der Waals surface area contributed by atoms with Crippen LogP contribution in [0.4, 0.5) is 4.39 Å². The molecule has 1 aliphatic carbocycles. The fourth-order valence-electron chi connectivity index (χ4n) is 2.35. The Kier molecular flexibility index (Phi) is 5.96. The Morgan fingerprint density at radius 2 is 1.95 bits per heavy atom. The lowest BCUT2D eigenvalue weighted by Crippen LogP contribution is -2.38. The molecule has 2 rings (SSSR count). The van der Waals surface area contributed by atoms with Crippen molar-refractivity contribution in [1.82, 2.24) is 10.6 Å². The standard InChI is InChI=1S/C15H21FN2O.ClH/c1-11(9-17-2)14(19)18-10-15(7-8-15)12-3-5-13(16)6-4-12;/h3-6,11,17H,7-10H2,1-2H3,(H,18,19);1H. The predicted molar refractivity (Wildman–Crippen MR) is 80.7 cm³/mol. The van der Waals surface area contributed by atoms with Crippen molar-refractivity contribution in [3.8, 4) is 0 Å². The van der Waals surface area contributed by atoms with E-state index in [1.165, 1.54) is 12.1 Å². The number of benzene rings is 1. The highest BCUT2D eigenvalue weighted by atomic mass is 35.5. The van der Waals surface area contributed by atoms with Crippen molar-refractivity contribution in [3.05, 3.63) is 35.6 Å². The Labute approximate surface area is 125 Å². The summed E-state index contributed by atoms with van der Waals surface area (Å²) in [6.45, 7) is 3.23. The molecule has 1 aromatic rings. The van der Waals surface area contributed by atoms with Crippen molar-refractivity contribution in [2.75, 3.05) is 20.1 Å². The molecule has 1 amide bonds. The zero-order valence-electron chi connectivity index (χ0n) is 11.9. The molecule has 1 fully saturated rings. The van der Waals surface area contributed by atoms with Crippen molar-refractivity contribution in [1.29, 1.82) is 0 Å². The predicted octanol–water partition coefficient (Wildman–Crippen LogP) is 2.25.